The molecule has 3 aromatic rings. The number of anilines is 2. The summed E-state index contributed by atoms with van der Waals surface area (Å²) in [6, 6.07) is 11.6. The monoisotopic (exact) mass is 588 g/mol. The average Bonchev–Trinajstić information content (AvgIpc) is 3.66. The number of hydrogen-bond acceptors (Lipinski definition) is 9. The van der Waals surface area contributed by atoms with Gasteiger partial charge in [0, 0.05) is 31.2 Å². The number of ether oxygens (including phenoxy) is 2. The molecule has 1 saturated heterocycles. The van der Waals surface area contributed by atoms with Gasteiger partial charge in [-0.15, -0.1) is 0 Å². The quantitative estimate of drug-likeness (QED) is 0.354. The zero-order valence-electron chi connectivity index (χ0n) is 22.2. The first-order chi connectivity index (χ1) is 19.2. The van der Waals surface area contributed by atoms with E-state index in [1.165, 1.54) is 17.9 Å². The first-order valence-electron chi connectivity index (χ1n) is 13.0. The van der Waals surface area contributed by atoms with E-state index in [9.17, 15) is 19.4 Å². The van der Waals surface area contributed by atoms with Crippen LogP contribution in [-0.2, 0) is 16.7 Å². The van der Waals surface area contributed by atoms with Gasteiger partial charge in [0.1, 0.15) is 11.4 Å². The Hall–Kier alpha value is -3.16. The molecule has 1 aliphatic heterocycles. The van der Waals surface area contributed by atoms with Crippen molar-refractivity contribution < 1.29 is 18.9 Å². The highest BCUT2D eigenvalue weighted by Crippen LogP contribution is 2.38. The molecule has 1 aromatic heterocycles. The number of rotatable bonds is 10. The summed E-state index contributed by atoms with van der Waals surface area (Å²) < 4.78 is 27.6. The third-order valence-corrected chi connectivity index (χ3v) is 9.05. The van der Waals surface area contributed by atoms with Crippen LogP contribution in [0.2, 0.25) is 5.02 Å². The molecular weight excluding hydrogens is 558 g/mol. The first kappa shape index (κ1) is 28.4. The molecule has 5 rings (SSSR count). The highest BCUT2D eigenvalue weighted by Gasteiger charge is 2.34. The number of halogens is 1. The highest BCUT2D eigenvalue weighted by molar-refractivity contribution is 7.81. The van der Waals surface area contributed by atoms with Crippen molar-refractivity contribution in [2.24, 2.45) is 11.8 Å². The predicted molar refractivity (Wildman–Crippen MR) is 154 cm³/mol. The third kappa shape index (κ3) is 6.26. The van der Waals surface area contributed by atoms with Gasteiger partial charge in [0.15, 0.2) is 0 Å². The van der Waals surface area contributed by atoms with E-state index in [4.69, 9.17) is 21.1 Å². The fourth-order valence-electron chi connectivity index (χ4n) is 4.74. The van der Waals surface area contributed by atoms with Gasteiger partial charge in [-0.25, -0.2) is 8.51 Å². The Morgan fingerprint density at radius 1 is 1.20 bits per heavy atom. The normalized spacial score (nSPS) is 19.8. The summed E-state index contributed by atoms with van der Waals surface area (Å²) >= 11 is 6.15. The molecule has 11 nitrogen and oxygen atoms in total. The van der Waals surface area contributed by atoms with Crippen molar-refractivity contribution in [3.63, 3.8) is 0 Å². The smallest absolute Gasteiger partial charge is 0.316 e. The molecule has 0 spiro atoms. The Morgan fingerprint density at radius 2 is 1.95 bits per heavy atom. The van der Waals surface area contributed by atoms with E-state index in [1.807, 2.05) is 9.21 Å². The standard InChI is InChI=1S/C27H31ClN5O6S/c1-18-12-20(18)16-39-26-24(15-29-32(27(26)34)22-5-3-4-21(28)14-22)30-8-10-31(11-9-30)40(37)17-19-6-7-23(33(35)36)25(13-19)38-2/h3-7,13-15,18,20,35H,8-12,16-17H2,1-2H3/q-1. The molecule has 214 valence electrons. The van der Waals surface area contributed by atoms with E-state index in [2.05, 4.69) is 12.0 Å². The highest BCUT2D eigenvalue weighted by atomic mass is 35.5. The van der Waals surface area contributed by atoms with Gasteiger partial charge in [-0.3, -0.25) is 10.0 Å². The van der Waals surface area contributed by atoms with Gasteiger partial charge >= 0.3 is 5.56 Å². The van der Waals surface area contributed by atoms with Gasteiger partial charge in [0.2, 0.25) is 5.75 Å². The van der Waals surface area contributed by atoms with Crippen LogP contribution in [0.25, 0.3) is 5.69 Å². The number of piperazine rings is 1. The minimum Gasteiger partial charge on any atom is -0.733 e. The molecule has 40 heavy (non-hydrogen) atoms. The van der Waals surface area contributed by atoms with Gasteiger partial charge in [-0.05, 0) is 54.2 Å². The average molecular weight is 589 g/mol. The van der Waals surface area contributed by atoms with Gasteiger partial charge in [-0.2, -0.15) is 9.78 Å². The molecule has 1 aliphatic carbocycles. The van der Waals surface area contributed by atoms with Crippen molar-refractivity contribution in [1.82, 2.24) is 14.1 Å². The maximum atomic E-state index is 13.6. The van der Waals surface area contributed by atoms with Crippen LogP contribution in [0.4, 0.5) is 11.4 Å². The summed E-state index contributed by atoms with van der Waals surface area (Å²) in [4.78, 5) is 15.6. The Bertz CT molecular complexity index is 1450. The predicted octanol–water partition coefficient (Wildman–Crippen LogP) is 3.61. The lowest BCUT2D eigenvalue weighted by Crippen LogP contribution is -2.47. The second-order valence-corrected chi connectivity index (χ2v) is 11.9. The maximum absolute atomic E-state index is 13.6. The zero-order chi connectivity index (χ0) is 28.4. The molecule has 3 unspecified atom stereocenters. The van der Waals surface area contributed by atoms with Gasteiger partial charge in [-0.1, -0.05) is 30.7 Å². The van der Waals surface area contributed by atoms with Crippen molar-refractivity contribution in [2.75, 3.05) is 50.0 Å². The number of benzene rings is 2. The lowest BCUT2D eigenvalue weighted by atomic mass is 10.2. The molecular formula is C27H31ClN5O6S-. The molecule has 2 fully saturated rings. The van der Waals surface area contributed by atoms with Crippen LogP contribution in [0.15, 0.2) is 53.5 Å². The lowest BCUT2D eigenvalue weighted by molar-refractivity contribution is 0.286. The number of methoxy groups -OCH3 is 1. The largest absolute Gasteiger partial charge is 0.733 e. The zero-order valence-corrected chi connectivity index (χ0v) is 23.8. The molecule has 1 saturated carbocycles. The van der Waals surface area contributed by atoms with Crippen LogP contribution in [0.3, 0.4) is 0 Å². The van der Waals surface area contributed by atoms with E-state index in [-0.39, 0.29) is 33.7 Å². The molecule has 1 N–H and O–H groups in total. The van der Waals surface area contributed by atoms with Crippen LogP contribution in [0.1, 0.15) is 18.9 Å². The van der Waals surface area contributed by atoms with E-state index in [1.54, 1.807) is 42.6 Å². The van der Waals surface area contributed by atoms with Crippen LogP contribution < -0.4 is 25.2 Å². The summed E-state index contributed by atoms with van der Waals surface area (Å²) in [5.74, 6) is 1.70. The summed E-state index contributed by atoms with van der Waals surface area (Å²) in [6.07, 6.45) is 2.73. The van der Waals surface area contributed by atoms with Crippen molar-refractivity contribution in [3.05, 3.63) is 74.8 Å². The Labute approximate surface area is 239 Å². The summed E-state index contributed by atoms with van der Waals surface area (Å²) in [5, 5.41) is 25.2. The molecule has 2 aromatic carbocycles. The summed E-state index contributed by atoms with van der Waals surface area (Å²) in [7, 11) is 0.0659. The SMILES string of the molecule is COc1cc(CS(=O)N2CCN(c3cnn(-c4cccc(Cl)c4)c(=O)c3OCC3CC3C)CC2)ccc1N([O-])O. The summed E-state index contributed by atoms with van der Waals surface area (Å²) in [6.45, 7) is 4.70. The fourth-order valence-corrected chi connectivity index (χ4v) is 6.14. The minimum atomic E-state index is -1.33. The van der Waals surface area contributed by atoms with Crippen molar-refractivity contribution in [2.45, 2.75) is 19.1 Å². The van der Waals surface area contributed by atoms with Crippen LogP contribution in [0, 0.1) is 17.0 Å². The molecule has 0 radical (unpaired) electrons. The fraction of sp³-hybridized carbons (Fsp3) is 0.407. The molecule has 3 atom stereocenters. The van der Waals surface area contributed by atoms with Gasteiger partial charge in [0.05, 0.1) is 48.0 Å². The third-order valence-electron chi connectivity index (χ3n) is 7.29. The number of hydrogen-bond donors (Lipinski definition) is 1. The maximum Gasteiger partial charge on any atom is 0.316 e. The van der Waals surface area contributed by atoms with Gasteiger partial charge in [0.25, 0.3) is 0 Å². The minimum absolute atomic E-state index is 0.0225. The molecule has 0 bridgehead atoms. The van der Waals surface area contributed by atoms with Crippen molar-refractivity contribution in [3.8, 4) is 17.2 Å². The van der Waals surface area contributed by atoms with E-state index in [0.29, 0.717) is 66.6 Å². The van der Waals surface area contributed by atoms with Crippen molar-refractivity contribution in [1.29, 1.82) is 0 Å². The molecule has 2 heterocycles. The van der Waals surface area contributed by atoms with Crippen LogP contribution >= 0.6 is 11.6 Å². The second kappa shape index (κ2) is 12.1. The van der Waals surface area contributed by atoms with E-state index >= 15 is 0 Å². The summed E-state index contributed by atoms with van der Waals surface area (Å²) in [5.41, 5.74) is 1.51. The molecule has 0 amide bonds. The Kier molecular flexibility index (Phi) is 8.62. The van der Waals surface area contributed by atoms with Crippen LogP contribution in [-0.4, -0.2) is 63.4 Å². The van der Waals surface area contributed by atoms with Crippen molar-refractivity contribution >= 4 is 34.0 Å². The Balaban J connectivity index is 1.30. The van der Waals surface area contributed by atoms with E-state index in [0.717, 1.165) is 6.42 Å². The van der Waals surface area contributed by atoms with Crippen LogP contribution in [0.5, 0.6) is 11.5 Å². The number of nitrogens with zero attached hydrogens (tertiary/aromatic N) is 5. The number of aromatic nitrogens is 2. The first-order valence-corrected chi connectivity index (χ1v) is 14.6. The Morgan fingerprint density at radius 3 is 2.60 bits per heavy atom. The molecule has 2 aliphatic rings. The van der Waals surface area contributed by atoms with Gasteiger partial charge < -0.3 is 24.8 Å². The lowest BCUT2D eigenvalue weighted by Gasteiger charge is -2.35. The molecule has 13 heteroatoms. The topological polar surface area (TPSA) is 123 Å². The second-order valence-electron chi connectivity index (χ2n) is 10.0. The van der Waals surface area contributed by atoms with E-state index < -0.39 is 11.0 Å².